The molecule has 0 aliphatic heterocycles. The molecule has 0 saturated heterocycles. The van der Waals surface area contributed by atoms with E-state index in [1.807, 2.05) is 30.3 Å². The van der Waals surface area contributed by atoms with E-state index in [0.717, 1.165) is 5.56 Å². The van der Waals surface area contributed by atoms with Crippen molar-refractivity contribution in [1.82, 2.24) is 9.97 Å². The fourth-order valence-electron chi connectivity index (χ4n) is 1.18. The van der Waals surface area contributed by atoms with Crippen molar-refractivity contribution < 1.29 is 8.42 Å². The second kappa shape index (κ2) is 4.19. The first-order chi connectivity index (χ1) is 7.57. The van der Waals surface area contributed by atoms with Crippen LogP contribution in [0.2, 0.25) is 0 Å². The molecule has 0 unspecified atom stereocenters. The van der Waals surface area contributed by atoms with Crippen LogP contribution in [-0.4, -0.2) is 18.4 Å². The zero-order valence-electron chi connectivity index (χ0n) is 8.04. The molecule has 2 rings (SSSR count). The van der Waals surface area contributed by atoms with E-state index in [1.54, 1.807) is 0 Å². The summed E-state index contributed by atoms with van der Waals surface area (Å²) >= 11 is 0. The first-order valence-electron chi connectivity index (χ1n) is 4.39. The van der Waals surface area contributed by atoms with Crippen molar-refractivity contribution in [2.45, 2.75) is 4.90 Å². The average Bonchev–Trinajstić information content (AvgIpc) is 2.29. The maximum absolute atomic E-state index is 11.0. The molecule has 0 saturated carbocycles. The van der Waals surface area contributed by atoms with Crippen molar-refractivity contribution in [3.05, 3.63) is 42.7 Å². The van der Waals surface area contributed by atoms with Crippen molar-refractivity contribution in [3.8, 4) is 11.4 Å². The fraction of sp³-hybridized carbons (Fsp3) is 0. The number of rotatable bonds is 2. The highest BCUT2D eigenvalue weighted by Crippen LogP contribution is 2.16. The summed E-state index contributed by atoms with van der Waals surface area (Å²) in [6.45, 7) is 0. The number of benzene rings is 1. The number of nitrogens with zero attached hydrogens (tertiary/aromatic N) is 2. The summed E-state index contributed by atoms with van der Waals surface area (Å²) in [4.78, 5) is 7.78. The quantitative estimate of drug-likeness (QED) is 0.770. The highest BCUT2D eigenvalue weighted by atomic mass is 35.7. The Labute approximate surface area is 97.4 Å². The van der Waals surface area contributed by atoms with Gasteiger partial charge in [-0.1, -0.05) is 30.3 Å². The van der Waals surface area contributed by atoms with Crippen LogP contribution in [0, 0.1) is 0 Å². The number of halogens is 1. The molecule has 1 aromatic heterocycles. The molecule has 1 heterocycles. The third-order valence-electron chi connectivity index (χ3n) is 1.94. The third kappa shape index (κ3) is 2.37. The minimum Gasteiger partial charge on any atom is -0.235 e. The average molecular weight is 255 g/mol. The standard InChI is InChI=1S/C10H7ClN2O2S/c11-16(14,15)9-6-12-10(13-7-9)8-4-2-1-3-5-8/h1-7H. The van der Waals surface area contributed by atoms with Gasteiger partial charge in [0.05, 0.1) is 12.4 Å². The molecule has 0 amide bonds. The second-order valence-electron chi connectivity index (χ2n) is 3.05. The van der Waals surface area contributed by atoms with Crippen molar-refractivity contribution in [3.63, 3.8) is 0 Å². The maximum Gasteiger partial charge on any atom is 0.264 e. The molecule has 4 nitrogen and oxygen atoms in total. The second-order valence-corrected chi connectivity index (χ2v) is 5.61. The van der Waals surface area contributed by atoms with Gasteiger partial charge in [0.15, 0.2) is 5.82 Å². The lowest BCUT2D eigenvalue weighted by atomic mass is 10.2. The molecule has 0 atom stereocenters. The highest BCUT2D eigenvalue weighted by molar-refractivity contribution is 8.13. The molecular formula is C10H7ClN2O2S. The zero-order valence-corrected chi connectivity index (χ0v) is 9.61. The van der Waals surface area contributed by atoms with Gasteiger partial charge in [0.25, 0.3) is 9.05 Å². The lowest BCUT2D eigenvalue weighted by Gasteiger charge is -1.99. The molecule has 2 aromatic rings. The summed E-state index contributed by atoms with van der Waals surface area (Å²) in [5, 5.41) is 0. The van der Waals surface area contributed by atoms with Gasteiger partial charge in [-0.15, -0.1) is 0 Å². The minimum atomic E-state index is -3.75. The molecule has 0 aliphatic rings. The summed E-state index contributed by atoms with van der Waals surface area (Å²) < 4.78 is 21.9. The summed E-state index contributed by atoms with van der Waals surface area (Å²) in [6.07, 6.45) is 2.38. The van der Waals surface area contributed by atoms with Crippen LogP contribution in [0.4, 0.5) is 0 Å². The molecule has 1 aromatic carbocycles. The van der Waals surface area contributed by atoms with Crippen molar-refractivity contribution in [2.75, 3.05) is 0 Å². The van der Waals surface area contributed by atoms with E-state index in [1.165, 1.54) is 12.4 Å². The Morgan fingerprint density at radius 1 is 1.00 bits per heavy atom. The summed E-state index contributed by atoms with van der Waals surface area (Å²) in [5.41, 5.74) is 0.820. The SMILES string of the molecule is O=S(=O)(Cl)c1cnc(-c2ccccc2)nc1. The van der Waals surface area contributed by atoms with Crippen LogP contribution < -0.4 is 0 Å². The molecule has 0 N–H and O–H groups in total. The van der Waals surface area contributed by atoms with Crippen LogP contribution in [-0.2, 0) is 9.05 Å². The lowest BCUT2D eigenvalue weighted by molar-refractivity contribution is 0.609. The summed E-state index contributed by atoms with van der Waals surface area (Å²) in [6, 6.07) is 9.26. The zero-order chi connectivity index (χ0) is 11.6. The Morgan fingerprint density at radius 2 is 1.56 bits per heavy atom. The van der Waals surface area contributed by atoms with E-state index in [0.29, 0.717) is 5.82 Å². The van der Waals surface area contributed by atoms with Gasteiger partial charge in [-0.3, -0.25) is 0 Å². The van der Waals surface area contributed by atoms with E-state index < -0.39 is 9.05 Å². The molecular weight excluding hydrogens is 248 g/mol. The normalized spacial score (nSPS) is 11.3. The monoisotopic (exact) mass is 254 g/mol. The van der Waals surface area contributed by atoms with E-state index in [-0.39, 0.29) is 4.90 Å². The van der Waals surface area contributed by atoms with Gasteiger partial charge in [0.2, 0.25) is 0 Å². The molecule has 0 fully saturated rings. The predicted molar refractivity (Wildman–Crippen MR) is 60.5 cm³/mol. The molecule has 0 radical (unpaired) electrons. The topological polar surface area (TPSA) is 59.9 Å². The summed E-state index contributed by atoms with van der Waals surface area (Å²) in [7, 11) is 1.39. The molecule has 82 valence electrons. The predicted octanol–water partition coefficient (Wildman–Crippen LogP) is 2.07. The van der Waals surface area contributed by atoms with Gasteiger partial charge in [-0.25, -0.2) is 18.4 Å². The highest BCUT2D eigenvalue weighted by Gasteiger charge is 2.11. The Balaban J connectivity index is 2.41. The largest absolute Gasteiger partial charge is 0.264 e. The van der Waals surface area contributed by atoms with Crippen LogP contribution in [0.3, 0.4) is 0 Å². The Kier molecular flexibility index (Phi) is 2.89. The van der Waals surface area contributed by atoms with E-state index in [9.17, 15) is 8.42 Å². The van der Waals surface area contributed by atoms with Crippen molar-refractivity contribution in [1.29, 1.82) is 0 Å². The molecule has 16 heavy (non-hydrogen) atoms. The fourth-order valence-corrected chi connectivity index (χ4v) is 1.77. The smallest absolute Gasteiger partial charge is 0.235 e. The molecule has 0 aliphatic carbocycles. The van der Waals surface area contributed by atoms with E-state index in [2.05, 4.69) is 9.97 Å². The molecule has 0 bridgehead atoms. The Hall–Kier alpha value is -1.46. The number of hydrogen-bond acceptors (Lipinski definition) is 4. The lowest BCUT2D eigenvalue weighted by Crippen LogP contribution is -1.95. The van der Waals surface area contributed by atoms with Crippen molar-refractivity contribution >= 4 is 19.7 Å². The van der Waals surface area contributed by atoms with Crippen LogP contribution in [0.1, 0.15) is 0 Å². The van der Waals surface area contributed by atoms with E-state index >= 15 is 0 Å². The maximum atomic E-state index is 11.0. The Bertz CT molecular complexity index is 582. The van der Waals surface area contributed by atoms with Gasteiger partial charge in [0.1, 0.15) is 4.90 Å². The van der Waals surface area contributed by atoms with Gasteiger partial charge < -0.3 is 0 Å². The van der Waals surface area contributed by atoms with Crippen molar-refractivity contribution in [2.24, 2.45) is 0 Å². The van der Waals surface area contributed by atoms with Crippen LogP contribution in [0.25, 0.3) is 11.4 Å². The van der Waals surface area contributed by atoms with Gasteiger partial charge >= 0.3 is 0 Å². The summed E-state index contributed by atoms with van der Waals surface area (Å²) in [5.74, 6) is 0.463. The third-order valence-corrected chi connectivity index (χ3v) is 3.25. The first kappa shape index (κ1) is 11.0. The Morgan fingerprint density at radius 3 is 2.06 bits per heavy atom. The van der Waals surface area contributed by atoms with Crippen LogP contribution >= 0.6 is 10.7 Å². The first-order valence-corrected chi connectivity index (χ1v) is 6.70. The van der Waals surface area contributed by atoms with E-state index in [4.69, 9.17) is 10.7 Å². The molecule has 6 heteroatoms. The molecule has 0 spiro atoms. The van der Waals surface area contributed by atoms with Gasteiger partial charge in [-0.05, 0) is 0 Å². The van der Waals surface area contributed by atoms with Crippen LogP contribution in [0.15, 0.2) is 47.6 Å². The minimum absolute atomic E-state index is 0.103. The number of aromatic nitrogens is 2. The number of hydrogen-bond donors (Lipinski definition) is 0. The van der Waals surface area contributed by atoms with Gasteiger partial charge in [-0.2, -0.15) is 0 Å². The van der Waals surface area contributed by atoms with Crippen LogP contribution in [0.5, 0.6) is 0 Å². The van der Waals surface area contributed by atoms with Gasteiger partial charge in [0, 0.05) is 16.2 Å².